The Morgan fingerprint density at radius 2 is 1.96 bits per heavy atom. The number of esters is 1. The van der Waals surface area contributed by atoms with Crippen molar-refractivity contribution < 1.29 is 19.2 Å². The van der Waals surface area contributed by atoms with Gasteiger partial charge in [0.1, 0.15) is 6.04 Å². The van der Waals surface area contributed by atoms with E-state index in [1.54, 1.807) is 31.3 Å². The number of hydrogen-bond donors (Lipinski definition) is 0. The van der Waals surface area contributed by atoms with Gasteiger partial charge in [0.2, 0.25) is 5.91 Å². The molecule has 2 aliphatic rings. The molecule has 1 fully saturated rings. The van der Waals surface area contributed by atoms with Gasteiger partial charge in [-0.05, 0) is 37.0 Å². The van der Waals surface area contributed by atoms with Crippen molar-refractivity contribution in [2.24, 2.45) is 5.92 Å². The average molecular weight is 372 g/mol. The van der Waals surface area contributed by atoms with Crippen LogP contribution >= 0.6 is 0 Å². The molecule has 0 bridgehead atoms. The van der Waals surface area contributed by atoms with E-state index in [0.717, 1.165) is 37.7 Å². The van der Waals surface area contributed by atoms with E-state index < -0.39 is 23.0 Å². The summed E-state index contributed by atoms with van der Waals surface area (Å²) in [4.78, 5) is 38.2. The largest absolute Gasteiger partial charge is 0.461 e. The van der Waals surface area contributed by atoms with Gasteiger partial charge in [0.25, 0.3) is 0 Å². The van der Waals surface area contributed by atoms with Gasteiger partial charge < -0.3 is 9.64 Å². The molecule has 144 valence electrons. The highest BCUT2D eigenvalue weighted by Gasteiger charge is 2.48. The number of carbonyl (C=O) groups excluding carboxylic acids is 2. The Balaban J connectivity index is 2.02. The minimum absolute atomic E-state index is 0.0456. The summed E-state index contributed by atoms with van der Waals surface area (Å²) in [5, 5.41) is 11.8. The van der Waals surface area contributed by atoms with Crippen LogP contribution in [-0.4, -0.2) is 34.3 Å². The molecule has 1 aromatic rings. The van der Waals surface area contributed by atoms with Crippen LogP contribution in [0.25, 0.3) is 6.08 Å². The van der Waals surface area contributed by atoms with Crippen molar-refractivity contribution in [1.29, 1.82) is 0 Å². The SMILES string of the molecule is CCOC(=O)C([C@H]1c2ccccc2C=CN1C(=O)C1CCCCC1)[N+](=O)[O-]. The first-order valence-electron chi connectivity index (χ1n) is 9.44. The topological polar surface area (TPSA) is 89.8 Å². The van der Waals surface area contributed by atoms with E-state index in [4.69, 9.17) is 4.74 Å². The van der Waals surface area contributed by atoms with Crippen LogP contribution in [0.4, 0.5) is 0 Å². The number of carbonyl (C=O) groups is 2. The normalized spacial score (nSPS) is 20.6. The molecule has 1 amide bonds. The van der Waals surface area contributed by atoms with Crippen molar-refractivity contribution in [3.05, 3.63) is 51.7 Å². The summed E-state index contributed by atoms with van der Waals surface area (Å²) in [7, 11) is 0. The smallest absolute Gasteiger partial charge is 0.384 e. The molecule has 1 unspecified atom stereocenters. The Morgan fingerprint density at radius 3 is 2.63 bits per heavy atom. The maximum atomic E-state index is 13.2. The van der Waals surface area contributed by atoms with Gasteiger partial charge in [-0.3, -0.25) is 14.9 Å². The molecule has 0 radical (unpaired) electrons. The standard InChI is InChI=1S/C20H24N2O5/c1-2-27-20(24)18(22(25)26)17-16-11-7-6-8-14(16)12-13-21(17)19(23)15-9-4-3-5-10-15/h6-8,11-13,15,17-18H,2-5,9-10H2,1H3/t17-,18?/m1/s1. The molecule has 1 heterocycles. The summed E-state index contributed by atoms with van der Waals surface area (Å²) < 4.78 is 4.96. The highest BCUT2D eigenvalue weighted by molar-refractivity contribution is 5.85. The van der Waals surface area contributed by atoms with Crippen LogP contribution in [0.3, 0.4) is 0 Å². The molecule has 1 aromatic carbocycles. The maximum absolute atomic E-state index is 13.2. The highest BCUT2D eigenvalue weighted by atomic mass is 16.6. The third kappa shape index (κ3) is 3.86. The molecule has 0 aromatic heterocycles. The first-order chi connectivity index (χ1) is 13.0. The number of fused-ring (bicyclic) bond motifs is 1. The molecular weight excluding hydrogens is 348 g/mol. The molecule has 0 N–H and O–H groups in total. The molecule has 1 aliphatic carbocycles. The molecule has 27 heavy (non-hydrogen) atoms. The first-order valence-corrected chi connectivity index (χ1v) is 9.44. The second-order valence-electron chi connectivity index (χ2n) is 6.95. The second kappa shape index (κ2) is 8.33. The molecule has 1 saturated carbocycles. The molecule has 0 saturated heterocycles. The van der Waals surface area contributed by atoms with E-state index in [1.165, 1.54) is 4.90 Å². The summed E-state index contributed by atoms with van der Waals surface area (Å²) in [6, 6.07) is 4.48. The van der Waals surface area contributed by atoms with Crippen LogP contribution in [0.15, 0.2) is 30.5 Å². The number of rotatable bonds is 5. The van der Waals surface area contributed by atoms with Crippen LogP contribution in [-0.2, 0) is 14.3 Å². The molecule has 1 aliphatic heterocycles. The molecule has 3 rings (SSSR count). The number of hydrogen-bond acceptors (Lipinski definition) is 5. The van der Waals surface area contributed by atoms with Gasteiger partial charge in [-0.15, -0.1) is 0 Å². The zero-order chi connectivity index (χ0) is 19.4. The van der Waals surface area contributed by atoms with E-state index >= 15 is 0 Å². The molecule has 0 spiro atoms. The first kappa shape index (κ1) is 19.1. The Kier molecular flexibility index (Phi) is 5.88. The number of nitrogens with zero attached hydrogens (tertiary/aromatic N) is 2. The third-order valence-electron chi connectivity index (χ3n) is 5.29. The summed E-state index contributed by atoms with van der Waals surface area (Å²) >= 11 is 0. The lowest BCUT2D eigenvalue weighted by Crippen LogP contribution is -2.48. The number of benzene rings is 1. The molecule has 7 heteroatoms. The maximum Gasteiger partial charge on any atom is 0.384 e. The molecule has 7 nitrogen and oxygen atoms in total. The van der Waals surface area contributed by atoms with Crippen LogP contribution in [0.1, 0.15) is 56.2 Å². The Morgan fingerprint density at radius 1 is 1.26 bits per heavy atom. The van der Waals surface area contributed by atoms with Gasteiger partial charge in [0, 0.05) is 17.0 Å². The fourth-order valence-corrected chi connectivity index (χ4v) is 3.99. The molecular formula is C20H24N2O5. The summed E-state index contributed by atoms with van der Waals surface area (Å²) in [5.74, 6) is -1.23. The van der Waals surface area contributed by atoms with Crippen molar-refractivity contribution in [3.8, 4) is 0 Å². The number of nitro groups is 1. The third-order valence-corrected chi connectivity index (χ3v) is 5.29. The predicted octanol–water partition coefficient (Wildman–Crippen LogP) is 3.33. The minimum Gasteiger partial charge on any atom is -0.461 e. The summed E-state index contributed by atoms with van der Waals surface area (Å²) in [5.41, 5.74) is 1.37. The highest BCUT2D eigenvalue weighted by Crippen LogP contribution is 2.37. The lowest BCUT2D eigenvalue weighted by atomic mass is 9.85. The summed E-state index contributed by atoms with van der Waals surface area (Å²) in [6.45, 7) is 1.65. The van der Waals surface area contributed by atoms with E-state index in [0.29, 0.717) is 5.56 Å². The van der Waals surface area contributed by atoms with E-state index in [-0.39, 0.29) is 18.4 Å². The van der Waals surface area contributed by atoms with Crippen LogP contribution in [0.2, 0.25) is 0 Å². The van der Waals surface area contributed by atoms with Crippen LogP contribution in [0.5, 0.6) is 0 Å². The number of amides is 1. The second-order valence-corrected chi connectivity index (χ2v) is 6.95. The number of ether oxygens (including phenoxy) is 1. The fraction of sp³-hybridized carbons (Fsp3) is 0.500. The Bertz CT molecular complexity index is 754. The van der Waals surface area contributed by atoms with Gasteiger partial charge in [0.15, 0.2) is 0 Å². The van der Waals surface area contributed by atoms with Gasteiger partial charge in [-0.25, -0.2) is 4.79 Å². The van der Waals surface area contributed by atoms with Gasteiger partial charge >= 0.3 is 12.0 Å². The van der Waals surface area contributed by atoms with Crippen molar-refractivity contribution in [1.82, 2.24) is 4.90 Å². The monoisotopic (exact) mass is 372 g/mol. The van der Waals surface area contributed by atoms with Crippen molar-refractivity contribution in [2.75, 3.05) is 6.61 Å². The van der Waals surface area contributed by atoms with Gasteiger partial charge in [-0.1, -0.05) is 43.5 Å². The van der Waals surface area contributed by atoms with Crippen LogP contribution in [0, 0.1) is 16.0 Å². The van der Waals surface area contributed by atoms with Gasteiger partial charge in [-0.2, -0.15) is 0 Å². The summed E-state index contributed by atoms with van der Waals surface area (Å²) in [6.07, 6.45) is 7.97. The fourth-order valence-electron chi connectivity index (χ4n) is 3.99. The minimum atomic E-state index is -1.66. The predicted molar refractivity (Wildman–Crippen MR) is 99.1 cm³/mol. The van der Waals surface area contributed by atoms with Crippen LogP contribution < -0.4 is 0 Å². The van der Waals surface area contributed by atoms with Crippen molar-refractivity contribution >= 4 is 18.0 Å². The Labute approximate surface area is 158 Å². The van der Waals surface area contributed by atoms with E-state index in [9.17, 15) is 19.7 Å². The van der Waals surface area contributed by atoms with Crippen molar-refractivity contribution in [3.63, 3.8) is 0 Å². The lowest BCUT2D eigenvalue weighted by molar-refractivity contribution is -0.518. The zero-order valence-corrected chi connectivity index (χ0v) is 15.4. The van der Waals surface area contributed by atoms with E-state index in [2.05, 4.69) is 0 Å². The molecule has 2 atom stereocenters. The van der Waals surface area contributed by atoms with Crippen molar-refractivity contribution in [2.45, 2.75) is 51.1 Å². The average Bonchev–Trinajstić information content (AvgIpc) is 2.68. The van der Waals surface area contributed by atoms with E-state index in [1.807, 2.05) is 12.1 Å². The lowest BCUT2D eigenvalue weighted by Gasteiger charge is -2.36. The quantitative estimate of drug-likeness (QED) is 0.449. The Hall–Kier alpha value is -2.70. The zero-order valence-electron chi connectivity index (χ0n) is 15.4. The van der Waals surface area contributed by atoms with Gasteiger partial charge in [0.05, 0.1) is 6.61 Å².